The minimum Gasteiger partial charge on any atom is -0.481 e. The third-order valence-corrected chi connectivity index (χ3v) is 2.62. The van der Waals surface area contributed by atoms with Gasteiger partial charge in [-0.1, -0.05) is 20.8 Å². The summed E-state index contributed by atoms with van der Waals surface area (Å²) in [7, 11) is 0. The minimum atomic E-state index is -0.922. The fourth-order valence-corrected chi connectivity index (χ4v) is 1.92. The number of rotatable bonds is 6. The molecule has 0 bridgehead atoms. The zero-order valence-electron chi connectivity index (χ0n) is 12.1. The molecular weight excluding hydrogens is 260 g/mol. The van der Waals surface area contributed by atoms with Gasteiger partial charge in [-0.3, -0.25) is 9.89 Å². The van der Waals surface area contributed by atoms with Crippen LogP contribution in [0.2, 0.25) is 0 Å². The number of nitrogens with one attached hydrogen (secondary N) is 3. The van der Waals surface area contributed by atoms with Crippen molar-refractivity contribution in [3.05, 3.63) is 18.0 Å². The number of hydrogen-bond donors (Lipinski definition) is 4. The lowest BCUT2D eigenvalue weighted by atomic mass is 9.87. The Labute approximate surface area is 118 Å². The van der Waals surface area contributed by atoms with E-state index in [9.17, 15) is 9.59 Å². The molecule has 0 radical (unpaired) electrons. The lowest BCUT2D eigenvalue weighted by Crippen LogP contribution is -2.44. The summed E-state index contributed by atoms with van der Waals surface area (Å²) >= 11 is 0. The van der Waals surface area contributed by atoms with Gasteiger partial charge in [0.1, 0.15) is 0 Å². The molecule has 0 saturated carbocycles. The molecule has 7 heteroatoms. The monoisotopic (exact) mass is 282 g/mol. The molecular formula is C13H22N4O3. The zero-order valence-corrected chi connectivity index (χ0v) is 12.1. The smallest absolute Gasteiger partial charge is 0.315 e. The molecule has 1 atom stereocenters. The first-order chi connectivity index (χ1) is 9.26. The van der Waals surface area contributed by atoms with Gasteiger partial charge in [-0.2, -0.15) is 5.10 Å². The molecule has 0 aliphatic rings. The second kappa shape index (κ2) is 6.93. The van der Waals surface area contributed by atoms with E-state index in [0.717, 1.165) is 5.56 Å². The zero-order chi connectivity index (χ0) is 15.2. The SMILES string of the molecule is CC(C)(C)CC(CC(=O)O)NC(=O)NCc1cn[nH]c1. The van der Waals surface area contributed by atoms with Gasteiger partial charge in [0, 0.05) is 24.3 Å². The lowest BCUT2D eigenvalue weighted by Gasteiger charge is -2.25. The Morgan fingerprint density at radius 1 is 1.45 bits per heavy atom. The molecule has 0 aliphatic carbocycles. The Balaban J connectivity index is 2.46. The fraction of sp³-hybridized carbons (Fsp3) is 0.615. The fourth-order valence-electron chi connectivity index (χ4n) is 1.92. The molecule has 112 valence electrons. The van der Waals surface area contributed by atoms with Crippen LogP contribution in [0, 0.1) is 5.41 Å². The molecule has 2 amide bonds. The maximum Gasteiger partial charge on any atom is 0.315 e. The second-order valence-corrected chi connectivity index (χ2v) is 5.99. The second-order valence-electron chi connectivity index (χ2n) is 5.99. The van der Waals surface area contributed by atoms with E-state index < -0.39 is 12.0 Å². The van der Waals surface area contributed by atoms with E-state index in [-0.39, 0.29) is 17.9 Å². The van der Waals surface area contributed by atoms with Crippen LogP contribution in [0.25, 0.3) is 0 Å². The molecule has 0 aromatic carbocycles. The summed E-state index contributed by atoms with van der Waals surface area (Å²) in [6, 6.07) is -0.765. The van der Waals surface area contributed by atoms with Crippen molar-refractivity contribution in [3.8, 4) is 0 Å². The van der Waals surface area contributed by atoms with Gasteiger partial charge in [0.15, 0.2) is 0 Å². The first kappa shape index (κ1) is 16.0. The third kappa shape index (κ3) is 6.77. The molecule has 0 fully saturated rings. The van der Waals surface area contributed by atoms with E-state index in [1.807, 2.05) is 20.8 Å². The summed E-state index contributed by atoms with van der Waals surface area (Å²) < 4.78 is 0. The highest BCUT2D eigenvalue weighted by atomic mass is 16.4. The van der Waals surface area contributed by atoms with Crippen LogP contribution in [0.4, 0.5) is 4.79 Å². The van der Waals surface area contributed by atoms with Gasteiger partial charge in [0.05, 0.1) is 12.6 Å². The predicted octanol–water partition coefficient (Wildman–Crippen LogP) is 1.49. The first-order valence-corrected chi connectivity index (χ1v) is 6.50. The van der Waals surface area contributed by atoms with Crippen LogP contribution in [0.5, 0.6) is 0 Å². The lowest BCUT2D eigenvalue weighted by molar-refractivity contribution is -0.137. The van der Waals surface area contributed by atoms with Gasteiger partial charge in [-0.15, -0.1) is 0 Å². The van der Waals surface area contributed by atoms with Crippen molar-refractivity contribution >= 4 is 12.0 Å². The number of aromatic amines is 1. The van der Waals surface area contributed by atoms with E-state index in [2.05, 4.69) is 20.8 Å². The van der Waals surface area contributed by atoms with Crippen molar-refractivity contribution in [1.29, 1.82) is 0 Å². The standard InChI is InChI=1S/C13H22N4O3/c1-13(2,3)5-10(4-11(18)19)17-12(20)14-6-9-7-15-16-8-9/h7-8,10H,4-6H2,1-3H3,(H,15,16)(H,18,19)(H2,14,17,20). The van der Waals surface area contributed by atoms with Crippen molar-refractivity contribution in [2.45, 2.75) is 46.2 Å². The normalized spacial score (nSPS) is 12.8. The summed E-state index contributed by atoms with van der Waals surface area (Å²) in [4.78, 5) is 22.6. The predicted molar refractivity (Wildman–Crippen MR) is 74.1 cm³/mol. The average Bonchev–Trinajstić information content (AvgIpc) is 2.75. The number of nitrogens with zero attached hydrogens (tertiary/aromatic N) is 1. The highest BCUT2D eigenvalue weighted by molar-refractivity contribution is 5.75. The molecule has 1 heterocycles. The summed E-state index contributed by atoms with van der Waals surface area (Å²) in [5.41, 5.74) is 0.795. The Morgan fingerprint density at radius 3 is 2.65 bits per heavy atom. The van der Waals surface area contributed by atoms with Crippen LogP contribution in [-0.4, -0.2) is 33.3 Å². The summed E-state index contributed by atoms with van der Waals surface area (Å²) in [6.07, 6.45) is 3.81. The molecule has 1 aromatic rings. The van der Waals surface area contributed by atoms with Gasteiger partial charge >= 0.3 is 12.0 Å². The maximum atomic E-state index is 11.8. The molecule has 20 heavy (non-hydrogen) atoms. The van der Waals surface area contributed by atoms with Crippen molar-refractivity contribution in [1.82, 2.24) is 20.8 Å². The van der Waals surface area contributed by atoms with Crippen molar-refractivity contribution in [2.75, 3.05) is 0 Å². The molecule has 1 rings (SSSR count). The number of H-pyrrole nitrogens is 1. The van der Waals surface area contributed by atoms with Crippen LogP contribution < -0.4 is 10.6 Å². The third-order valence-electron chi connectivity index (χ3n) is 2.62. The van der Waals surface area contributed by atoms with E-state index >= 15 is 0 Å². The van der Waals surface area contributed by atoms with Crippen LogP contribution >= 0.6 is 0 Å². The average molecular weight is 282 g/mol. The van der Waals surface area contributed by atoms with Crippen LogP contribution in [0.1, 0.15) is 39.2 Å². The van der Waals surface area contributed by atoms with Gasteiger partial charge in [0.25, 0.3) is 0 Å². The number of hydrogen-bond acceptors (Lipinski definition) is 3. The molecule has 0 saturated heterocycles. The number of carbonyl (C=O) groups is 2. The first-order valence-electron chi connectivity index (χ1n) is 6.50. The number of carbonyl (C=O) groups excluding carboxylic acids is 1. The number of carboxylic acid groups (broad SMARTS) is 1. The van der Waals surface area contributed by atoms with Gasteiger partial charge in [-0.25, -0.2) is 4.79 Å². The number of carboxylic acids is 1. The Kier molecular flexibility index (Phi) is 5.54. The van der Waals surface area contributed by atoms with Gasteiger partial charge in [-0.05, 0) is 11.8 Å². The summed E-state index contributed by atoms with van der Waals surface area (Å²) in [6.45, 7) is 6.37. The van der Waals surface area contributed by atoms with E-state index in [0.29, 0.717) is 13.0 Å². The highest BCUT2D eigenvalue weighted by Crippen LogP contribution is 2.22. The number of urea groups is 1. The molecule has 0 aliphatic heterocycles. The minimum absolute atomic E-state index is 0.0576. The van der Waals surface area contributed by atoms with E-state index in [4.69, 9.17) is 5.11 Å². The quantitative estimate of drug-likeness (QED) is 0.634. The molecule has 1 unspecified atom stereocenters. The van der Waals surface area contributed by atoms with Gasteiger partial charge < -0.3 is 15.7 Å². The van der Waals surface area contributed by atoms with Crippen LogP contribution in [0.15, 0.2) is 12.4 Å². The molecule has 0 spiro atoms. The van der Waals surface area contributed by atoms with Gasteiger partial charge in [0.2, 0.25) is 0 Å². The Bertz CT molecular complexity index is 437. The molecule has 4 N–H and O–H groups in total. The maximum absolute atomic E-state index is 11.8. The highest BCUT2D eigenvalue weighted by Gasteiger charge is 2.22. The Hall–Kier alpha value is -2.05. The van der Waals surface area contributed by atoms with Crippen LogP contribution in [0.3, 0.4) is 0 Å². The number of aliphatic carboxylic acids is 1. The Morgan fingerprint density at radius 2 is 2.15 bits per heavy atom. The molecule has 7 nitrogen and oxygen atoms in total. The number of aromatic nitrogens is 2. The van der Waals surface area contributed by atoms with E-state index in [1.165, 1.54) is 0 Å². The summed E-state index contributed by atoms with van der Waals surface area (Å²) in [5, 5.41) is 20.7. The van der Waals surface area contributed by atoms with Crippen molar-refractivity contribution in [3.63, 3.8) is 0 Å². The van der Waals surface area contributed by atoms with E-state index in [1.54, 1.807) is 12.4 Å². The van der Waals surface area contributed by atoms with Crippen LogP contribution in [-0.2, 0) is 11.3 Å². The van der Waals surface area contributed by atoms with Crippen molar-refractivity contribution < 1.29 is 14.7 Å². The number of amides is 2. The largest absolute Gasteiger partial charge is 0.481 e. The summed E-state index contributed by atoms with van der Waals surface area (Å²) in [5.74, 6) is -0.922. The molecule has 1 aromatic heterocycles. The topological polar surface area (TPSA) is 107 Å². The van der Waals surface area contributed by atoms with Crippen molar-refractivity contribution in [2.24, 2.45) is 5.41 Å².